The molecule has 0 aromatic carbocycles. The van der Waals surface area contributed by atoms with E-state index >= 15 is 0 Å². The summed E-state index contributed by atoms with van der Waals surface area (Å²) in [5, 5.41) is 4.08. The smallest absolute Gasteiger partial charge is 0.213 e. The van der Waals surface area contributed by atoms with Crippen LogP contribution in [0.3, 0.4) is 0 Å². The van der Waals surface area contributed by atoms with Crippen molar-refractivity contribution < 1.29 is 4.74 Å². The molecule has 3 nitrogen and oxygen atoms in total. The predicted octanol–water partition coefficient (Wildman–Crippen LogP) is 4.44. The summed E-state index contributed by atoms with van der Waals surface area (Å²) in [6.07, 6.45) is 6.63. The molecule has 21 heavy (non-hydrogen) atoms. The van der Waals surface area contributed by atoms with E-state index in [4.69, 9.17) is 16.3 Å². The highest BCUT2D eigenvalue weighted by molar-refractivity contribution is 6.31. The summed E-state index contributed by atoms with van der Waals surface area (Å²) in [6, 6.07) is 3.76. The summed E-state index contributed by atoms with van der Waals surface area (Å²) < 4.78 is 5.87. The van der Waals surface area contributed by atoms with Gasteiger partial charge in [-0.25, -0.2) is 4.98 Å². The number of halogens is 1. The van der Waals surface area contributed by atoms with Crippen molar-refractivity contribution >= 4 is 11.6 Å². The minimum atomic E-state index is 0.620. The van der Waals surface area contributed by atoms with E-state index in [0.717, 1.165) is 18.8 Å². The number of hydrogen-bond acceptors (Lipinski definition) is 3. The Kier molecular flexibility index (Phi) is 6.78. The monoisotopic (exact) mass is 310 g/mol. The number of nitrogens with one attached hydrogen (secondary N) is 1. The van der Waals surface area contributed by atoms with Gasteiger partial charge in [-0.2, -0.15) is 0 Å². The predicted molar refractivity (Wildman–Crippen MR) is 87.9 cm³/mol. The van der Waals surface area contributed by atoms with Gasteiger partial charge in [0.05, 0.1) is 17.3 Å². The van der Waals surface area contributed by atoms with Gasteiger partial charge in [0.15, 0.2) is 0 Å². The van der Waals surface area contributed by atoms with Gasteiger partial charge in [0.1, 0.15) is 0 Å². The fourth-order valence-electron chi connectivity index (χ4n) is 2.70. The normalized spacial score (nSPS) is 16.4. The molecule has 1 aromatic rings. The van der Waals surface area contributed by atoms with Gasteiger partial charge in [-0.05, 0) is 37.3 Å². The first-order chi connectivity index (χ1) is 10.1. The molecule has 2 rings (SSSR count). The van der Waals surface area contributed by atoms with Gasteiger partial charge in [0, 0.05) is 12.6 Å². The fraction of sp³-hybridized carbons (Fsp3) is 0.706. The number of nitrogens with zero attached hydrogens (tertiary/aromatic N) is 1. The van der Waals surface area contributed by atoms with E-state index in [0.29, 0.717) is 29.3 Å². The number of pyridine rings is 1. The van der Waals surface area contributed by atoms with Crippen molar-refractivity contribution in [3.05, 3.63) is 22.8 Å². The molecule has 1 aromatic heterocycles. The standard InChI is InChI=1S/C17H27ClN2O/c1-13(2)10-19-11-16-15(18)8-9-17(20-16)21-12-14-6-4-3-5-7-14/h8-9,13-14,19H,3-7,10-12H2,1-2H3. The Morgan fingerprint density at radius 2 is 2.05 bits per heavy atom. The van der Waals surface area contributed by atoms with Crippen LogP contribution in [-0.2, 0) is 6.54 Å². The van der Waals surface area contributed by atoms with Crippen LogP contribution in [0.15, 0.2) is 12.1 Å². The molecule has 1 heterocycles. The Balaban J connectivity index is 1.84. The van der Waals surface area contributed by atoms with Gasteiger partial charge < -0.3 is 10.1 Å². The highest BCUT2D eigenvalue weighted by Gasteiger charge is 2.14. The summed E-state index contributed by atoms with van der Waals surface area (Å²) in [5.41, 5.74) is 0.874. The molecule has 0 bridgehead atoms. The van der Waals surface area contributed by atoms with Gasteiger partial charge >= 0.3 is 0 Å². The second-order valence-corrected chi connectivity index (χ2v) is 6.82. The summed E-state index contributed by atoms with van der Waals surface area (Å²) >= 11 is 6.20. The van der Waals surface area contributed by atoms with E-state index < -0.39 is 0 Å². The molecule has 1 saturated carbocycles. The second-order valence-electron chi connectivity index (χ2n) is 6.42. The largest absolute Gasteiger partial charge is 0.477 e. The average molecular weight is 311 g/mol. The molecule has 118 valence electrons. The zero-order chi connectivity index (χ0) is 15.1. The van der Waals surface area contributed by atoms with E-state index in [1.807, 2.05) is 12.1 Å². The maximum atomic E-state index is 6.20. The summed E-state index contributed by atoms with van der Waals surface area (Å²) in [7, 11) is 0. The van der Waals surface area contributed by atoms with Crippen LogP contribution in [0.1, 0.15) is 51.6 Å². The molecule has 4 heteroatoms. The maximum absolute atomic E-state index is 6.20. The van der Waals surface area contributed by atoms with Crippen molar-refractivity contribution in [2.75, 3.05) is 13.2 Å². The molecular formula is C17H27ClN2O. The van der Waals surface area contributed by atoms with E-state index in [9.17, 15) is 0 Å². The lowest BCUT2D eigenvalue weighted by molar-refractivity contribution is 0.202. The first-order valence-corrected chi connectivity index (χ1v) is 8.52. The zero-order valence-corrected chi connectivity index (χ0v) is 14.0. The highest BCUT2D eigenvalue weighted by atomic mass is 35.5. The third kappa shape index (κ3) is 5.84. The fourth-order valence-corrected chi connectivity index (χ4v) is 2.88. The molecule has 0 spiro atoms. The Hall–Kier alpha value is -0.800. The lowest BCUT2D eigenvalue weighted by atomic mass is 9.90. The van der Waals surface area contributed by atoms with Crippen molar-refractivity contribution in [3.63, 3.8) is 0 Å². The Morgan fingerprint density at radius 1 is 1.29 bits per heavy atom. The molecule has 1 N–H and O–H groups in total. The van der Waals surface area contributed by atoms with Crippen LogP contribution in [0.4, 0.5) is 0 Å². The summed E-state index contributed by atoms with van der Waals surface area (Å²) in [5.74, 6) is 2.01. The van der Waals surface area contributed by atoms with Gasteiger partial charge in [0.25, 0.3) is 0 Å². The lowest BCUT2D eigenvalue weighted by Gasteiger charge is -2.21. The van der Waals surface area contributed by atoms with Crippen LogP contribution < -0.4 is 10.1 Å². The van der Waals surface area contributed by atoms with Crippen molar-refractivity contribution in [1.29, 1.82) is 0 Å². The van der Waals surface area contributed by atoms with Gasteiger partial charge in [-0.15, -0.1) is 0 Å². The number of aromatic nitrogens is 1. The molecule has 0 aliphatic heterocycles. The summed E-state index contributed by atoms with van der Waals surface area (Å²) in [6.45, 7) is 6.81. The topological polar surface area (TPSA) is 34.2 Å². The van der Waals surface area contributed by atoms with Crippen molar-refractivity contribution in [1.82, 2.24) is 10.3 Å². The lowest BCUT2D eigenvalue weighted by Crippen LogP contribution is -2.20. The van der Waals surface area contributed by atoms with E-state index in [2.05, 4.69) is 24.1 Å². The van der Waals surface area contributed by atoms with Crippen molar-refractivity contribution in [2.24, 2.45) is 11.8 Å². The van der Waals surface area contributed by atoms with Crippen molar-refractivity contribution in [2.45, 2.75) is 52.5 Å². The second kappa shape index (κ2) is 8.60. The van der Waals surface area contributed by atoms with Crippen LogP contribution in [0.25, 0.3) is 0 Å². The SMILES string of the molecule is CC(C)CNCc1nc(OCC2CCCCC2)ccc1Cl. The average Bonchev–Trinajstić information content (AvgIpc) is 2.48. The third-order valence-electron chi connectivity index (χ3n) is 3.93. The molecule has 0 atom stereocenters. The summed E-state index contributed by atoms with van der Waals surface area (Å²) in [4.78, 5) is 4.54. The zero-order valence-electron chi connectivity index (χ0n) is 13.2. The van der Waals surface area contributed by atoms with Crippen LogP contribution in [0.5, 0.6) is 5.88 Å². The van der Waals surface area contributed by atoms with Crippen LogP contribution >= 0.6 is 11.6 Å². The van der Waals surface area contributed by atoms with E-state index in [-0.39, 0.29) is 0 Å². The van der Waals surface area contributed by atoms with E-state index in [1.54, 1.807) is 0 Å². The van der Waals surface area contributed by atoms with Crippen molar-refractivity contribution in [3.8, 4) is 5.88 Å². The molecule has 1 aliphatic carbocycles. The molecule has 0 saturated heterocycles. The minimum Gasteiger partial charge on any atom is -0.477 e. The van der Waals surface area contributed by atoms with Gasteiger partial charge in [-0.1, -0.05) is 44.7 Å². The molecular weight excluding hydrogens is 284 g/mol. The van der Waals surface area contributed by atoms with Crippen LogP contribution in [-0.4, -0.2) is 18.1 Å². The first kappa shape index (κ1) is 16.6. The van der Waals surface area contributed by atoms with E-state index in [1.165, 1.54) is 32.1 Å². The minimum absolute atomic E-state index is 0.620. The Morgan fingerprint density at radius 3 is 2.76 bits per heavy atom. The Bertz CT molecular complexity index is 431. The highest BCUT2D eigenvalue weighted by Crippen LogP contribution is 2.25. The quantitative estimate of drug-likeness (QED) is 0.808. The maximum Gasteiger partial charge on any atom is 0.213 e. The number of hydrogen-bond donors (Lipinski definition) is 1. The van der Waals surface area contributed by atoms with Crippen LogP contribution in [0.2, 0.25) is 5.02 Å². The number of ether oxygens (including phenoxy) is 1. The van der Waals surface area contributed by atoms with Gasteiger partial charge in [-0.3, -0.25) is 0 Å². The Labute approximate surface area is 133 Å². The molecule has 1 aliphatic rings. The molecule has 0 radical (unpaired) electrons. The molecule has 0 amide bonds. The first-order valence-electron chi connectivity index (χ1n) is 8.14. The van der Waals surface area contributed by atoms with Gasteiger partial charge in [0.2, 0.25) is 5.88 Å². The number of rotatable bonds is 7. The van der Waals surface area contributed by atoms with Crippen LogP contribution in [0, 0.1) is 11.8 Å². The molecule has 0 unspecified atom stereocenters. The molecule has 1 fully saturated rings. The third-order valence-corrected chi connectivity index (χ3v) is 4.27.